The summed E-state index contributed by atoms with van der Waals surface area (Å²) in [4.78, 5) is -0.653. The fraction of sp³-hybridized carbons (Fsp3) is 0.333. The first-order valence-electron chi connectivity index (χ1n) is 7.95. The van der Waals surface area contributed by atoms with Crippen LogP contribution in [0.4, 0.5) is 0 Å². The molecule has 2 aromatic carbocycles. The second kappa shape index (κ2) is 10.2. The number of benzene rings is 2. The molecule has 0 aliphatic heterocycles. The Hall–Kier alpha value is -1.05. The Labute approximate surface area is 171 Å². The topological polar surface area (TPSA) is 86.7 Å². The van der Waals surface area contributed by atoms with Gasteiger partial charge in [0.05, 0.1) is 4.90 Å². The predicted octanol–water partition coefficient (Wildman–Crippen LogP) is 0.926. The third-order valence-electron chi connectivity index (χ3n) is 3.65. The van der Waals surface area contributed by atoms with Gasteiger partial charge in [0, 0.05) is 0 Å². The quantitative estimate of drug-likeness (QED) is 0.423. The van der Waals surface area contributed by atoms with Crippen LogP contribution in [0.1, 0.15) is 38.2 Å². The first kappa shape index (κ1) is 22.0. The van der Waals surface area contributed by atoms with Gasteiger partial charge < -0.3 is 9.84 Å². The van der Waals surface area contributed by atoms with E-state index in [4.69, 9.17) is 9.29 Å². The Balaban J connectivity index is 0.00000312. The van der Waals surface area contributed by atoms with Gasteiger partial charge in [0.15, 0.2) is 0 Å². The summed E-state index contributed by atoms with van der Waals surface area (Å²) in [6, 6.07) is 11.0. The smallest absolute Gasteiger partial charge is 0.871 e. The molecule has 0 aliphatic carbocycles. The summed E-state index contributed by atoms with van der Waals surface area (Å²) in [5.74, 6) is 0.0169. The van der Waals surface area contributed by atoms with Crippen molar-refractivity contribution in [2.45, 2.75) is 43.9 Å². The minimum absolute atomic E-state index is 0. The molecular weight excluding hydrogens is 351 g/mol. The molecule has 5 nitrogen and oxygen atoms in total. The first-order valence-corrected chi connectivity index (χ1v) is 9.39. The number of aryl methyl sites for hydroxylation is 1. The number of hydrogen-bond acceptors (Lipinski definition) is 4. The van der Waals surface area contributed by atoms with Gasteiger partial charge in [-0.05, 0) is 48.7 Å². The fourth-order valence-corrected chi connectivity index (χ4v) is 2.97. The molecule has 0 amide bonds. The zero-order valence-corrected chi connectivity index (χ0v) is 17.4. The first-order chi connectivity index (χ1) is 11.4. The minimum Gasteiger partial charge on any atom is -0.871 e. The van der Waals surface area contributed by atoms with Crippen LogP contribution < -0.4 is 39.4 Å². The summed E-state index contributed by atoms with van der Waals surface area (Å²) in [5, 5.41) is 11.7. The van der Waals surface area contributed by atoms with Crippen molar-refractivity contribution in [2.75, 3.05) is 0 Å². The summed E-state index contributed by atoms with van der Waals surface area (Å²) >= 11 is 0. The van der Waals surface area contributed by atoms with Crippen LogP contribution in [0.3, 0.4) is 0 Å². The van der Waals surface area contributed by atoms with Gasteiger partial charge in [-0.3, -0.25) is 4.55 Å². The van der Waals surface area contributed by atoms with Crippen molar-refractivity contribution in [3.8, 4) is 17.2 Å². The third-order valence-corrected chi connectivity index (χ3v) is 4.54. The van der Waals surface area contributed by atoms with E-state index in [1.807, 2.05) is 18.2 Å². The summed E-state index contributed by atoms with van der Waals surface area (Å²) in [5.41, 5.74) is 1.15. The van der Waals surface area contributed by atoms with E-state index in [0.29, 0.717) is 5.75 Å². The molecular formula is C18H21NaO5S. The SMILES string of the molecule is CCCCCCc1cccc(Oc2ccc(S(=O)(=O)O)c([O-])c2)c1.[Na+]. The third kappa shape index (κ3) is 6.99. The Kier molecular flexibility index (Phi) is 8.96. The van der Waals surface area contributed by atoms with E-state index in [-0.39, 0.29) is 35.3 Å². The molecule has 130 valence electrons. The summed E-state index contributed by atoms with van der Waals surface area (Å²) in [7, 11) is -4.51. The Morgan fingerprint density at radius 1 is 1.04 bits per heavy atom. The molecule has 25 heavy (non-hydrogen) atoms. The molecule has 0 saturated heterocycles. The van der Waals surface area contributed by atoms with Gasteiger partial charge in [-0.1, -0.05) is 44.1 Å². The van der Waals surface area contributed by atoms with Crippen molar-refractivity contribution < 1.29 is 52.4 Å². The summed E-state index contributed by atoms with van der Waals surface area (Å²) in [6.45, 7) is 2.17. The Bertz CT molecular complexity index is 790. The number of unbranched alkanes of at least 4 members (excludes halogenated alkanes) is 3. The van der Waals surface area contributed by atoms with Crippen LogP contribution >= 0.6 is 0 Å². The van der Waals surface area contributed by atoms with Crippen molar-refractivity contribution in [1.29, 1.82) is 0 Å². The Morgan fingerprint density at radius 3 is 2.40 bits per heavy atom. The predicted molar refractivity (Wildman–Crippen MR) is 90.1 cm³/mol. The number of rotatable bonds is 8. The normalized spacial score (nSPS) is 11.0. The van der Waals surface area contributed by atoms with Crippen LogP contribution in [0.5, 0.6) is 17.2 Å². The van der Waals surface area contributed by atoms with E-state index in [1.165, 1.54) is 25.3 Å². The maximum Gasteiger partial charge on any atom is 1.00 e. The molecule has 0 atom stereocenters. The van der Waals surface area contributed by atoms with Crippen LogP contribution in [-0.2, 0) is 16.5 Å². The molecule has 0 unspecified atom stereocenters. The van der Waals surface area contributed by atoms with Gasteiger partial charge >= 0.3 is 29.6 Å². The van der Waals surface area contributed by atoms with Gasteiger partial charge in [0.25, 0.3) is 10.1 Å². The monoisotopic (exact) mass is 372 g/mol. The van der Waals surface area contributed by atoms with Crippen LogP contribution in [-0.4, -0.2) is 13.0 Å². The molecule has 0 fully saturated rings. The fourth-order valence-electron chi connectivity index (χ4n) is 2.42. The van der Waals surface area contributed by atoms with Crippen molar-refractivity contribution in [3.63, 3.8) is 0 Å². The zero-order valence-electron chi connectivity index (χ0n) is 14.6. The van der Waals surface area contributed by atoms with Gasteiger partial charge in [-0.2, -0.15) is 8.42 Å². The molecule has 7 heteroatoms. The van der Waals surface area contributed by atoms with Crippen LogP contribution in [0.2, 0.25) is 0 Å². The second-order valence-corrected chi connectivity index (χ2v) is 7.03. The molecule has 2 aromatic rings. The van der Waals surface area contributed by atoms with Crippen LogP contribution in [0.25, 0.3) is 0 Å². The van der Waals surface area contributed by atoms with Gasteiger partial charge in [-0.25, -0.2) is 0 Å². The molecule has 1 N–H and O–H groups in total. The molecule has 0 aromatic heterocycles. The molecule has 0 heterocycles. The average molecular weight is 372 g/mol. The Morgan fingerprint density at radius 2 is 1.76 bits per heavy atom. The molecule has 0 bridgehead atoms. The average Bonchev–Trinajstić information content (AvgIpc) is 2.51. The number of ether oxygens (including phenoxy) is 1. The molecule has 0 spiro atoms. The maximum absolute atomic E-state index is 11.7. The van der Waals surface area contributed by atoms with E-state index in [9.17, 15) is 13.5 Å². The molecule has 0 aliphatic rings. The van der Waals surface area contributed by atoms with Crippen molar-refractivity contribution >= 4 is 10.1 Å². The zero-order chi connectivity index (χ0) is 17.6. The van der Waals surface area contributed by atoms with Gasteiger partial charge in [-0.15, -0.1) is 0 Å². The van der Waals surface area contributed by atoms with Crippen molar-refractivity contribution in [1.82, 2.24) is 0 Å². The van der Waals surface area contributed by atoms with Crippen molar-refractivity contribution in [2.24, 2.45) is 0 Å². The minimum atomic E-state index is -4.51. The van der Waals surface area contributed by atoms with Gasteiger partial charge in [0.1, 0.15) is 11.5 Å². The standard InChI is InChI=1S/C18H22O5S.Na/c1-2-3-4-5-7-14-8-6-9-15(12-14)23-16-10-11-18(17(19)13-16)24(20,21)22;/h6,8-13,19H,2-5,7H2,1H3,(H,20,21,22);/q;+1/p-1. The van der Waals surface area contributed by atoms with Crippen molar-refractivity contribution in [3.05, 3.63) is 48.0 Å². The molecule has 0 saturated carbocycles. The van der Waals surface area contributed by atoms with E-state index in [2.05, 4.69) is 6.92 Å². The maximum atomic E-state index is 11.7. The summed E-state index contributed by atoms with van der Waals surface area (Å²) < 4.78 is 36.6. The van der Waals surface area contributed by atoms with E-state index in [0.717, 1.165) is 30.5 Å². The number of hydrogen-bond donors (Lipinski definition) is 1. The molecule has 0 radical (unpaired) electrons. The summed E-state index contributed by atoms with van der Waals surface area (Å²) in [6.07, 6.45) is 5.69. The largest absolute Gasteiger partial charge is 1.00 e. The second-order valence-electron chi connectivity index (χ2n) is 5.64. The van der Waals surface area contributed by atoms with Gasteiger partial charge in [0.2, 0.25) is 0 Å². The van der Waals surface area contributed by atoms with Crippen LogP contribution in [0, 0.1) is 0 Å². The van der Waals surface area contributed by atoms with E-state index < -0.39 is 20.8 Å². The molecule has 2 rings (SSSR count). The van der Waals surface area contributed by atoms with E-state index >= 15 is 0 Å². The van der Waals surface area contributed by atoms with E-state index in [1.54, 1.807) is 6.07 Å². The van der Waals surface area contributed by atoms with Crippen LogP contribution in [0.15, 0.2) is 47.4 Å².